The molecule has 2 aliphatic heterocycles. The quantitative estimate of drug-likeness (QED) is 0.309. The number of rotatable bonds is 5. The Kier molecular flexibility index (Phi) is 5.90. The highest BCUT2D eigenvalue weighted by Crippen LogP contribution is 2.45. The summed E-state index contributed by atoms with van der Waals surface area (Å²) in [4.78, 5) is 29.0. The highest BCUT2D eigenvalue weighted by molar-refractivity contribution is 7.91. The summed E-state index contributed by atoms with van der Waals surface area (Å²) in [5, 5.41) is 17.6. The Morgan fingerprint density at radius 1 is 1.10 bits per heavy atom. The summed E-state index contributed by atoms with van der Waals surface area (Å²) in [6, 6.07) is 3.68. The Labute approximate surface area is 238 Å². The molecule has 2 aliphatic rings. The van der Waals surface area contributed by atoms with Gasteiger partial charge in [0.15, 0.2) is 21.2 Å². The summed E-state index contributed by atoms with van der Waals surface area (Å²) in [5.41, 5.74) is 10.7. The SMILES string of the molecule is Cc1nc(-c2ccc(-c3cnn4c(N)c(S(C)(=O)=O)c(C5CC6CCC(C5)N6C(=O)c5cn[nH]n5)nc34)cn2)cs1. The van der Waals surface area contributed by atoms with Crippen LogP contribution in [0.5, 0.6) is 0 Å². The molecule has 2 saturated heterocycles. The Hall–Kier alpha value is -4.24. The van der Waals surface area contributed by atoms with Gasteiger partial charge in [-0.2, -0.15) is 25.0 Å². The third-order valence-electron chi connectivity index (χ3n) is 7.98. The number of carbonyl (C=O) groups excluding carboxylic acids is 1. The number of amides is 1. The van der Waals surface area contributed by atoms with Gasteiger partial charge in [-0.3, -0.25) is 9.78 Å². The average molecular weight is 591 g/mol. The van der Waals surface area contributed by atoms with E-state index in [1.807, 2.05) is 29.3 Å². The fraction of sp³-hybridized carbons (Fsp3) is 0.346. The van der Waals surface area contributed by atoms with Crippen LogP contribution in [-0.2, 0) is 9.84 Å². The van der Waals surface area contributed by atoms with Crippen LogP contribution in [0, 0.1) is 6.92 Å². The zero-order chi connectivity index (χ0) is 28.5. The molecule has 2 unspecified atom stereocenters. The molecule has 0 radical (unpaired) electrons. The van der Waals surface area contributed by atoms with Crippen molar-refractivity contribution in [1.82, 2.24) is 44.9 Å². The summed E-state index contributed by atoms with van der Waals surface area (Å²) in [6.45, 7) is 1.95. The number of nitrogens with two attached hydrogens (primary N) is 1. The molecular weight excluding hydrogens is 564 g/mol. The van der Waals surface area contributed by atoms with E-state index in [1.54, 1.807) is 23.7 Å². The number of hydrogen-bond acceptors (Lipinski definition) is 11. The fourth-order valence-corrected chi connectivity index (χ4v) is 7.90. The molecule has 2 bridgehead atoms. The maximum absolute atomic E-state index is 13.2. The number of sulfone groups is 1. The maximum atomic E-state index is 13.2. The summed E-state index contributed by atoms with van der Waals surface area (Å²) >= 11 is 1.56. The van der Waals surface area contributed by atoms with Gasteiger partial charge in [0.1, 0.15) is 10.7 Å². The number of fused-ring (bicyclic) bond motifs is 3. The standard InChI is InChI=1S/C26H26N10O3S2/c1-13-31-21(12-40-13)19-6-3-14(9-28-19)18-10-30-36-24(27)23(41(2,38)39)22(32-25(18)36)15-7-16-4-5-17(8-15)35(16)26(37)20-11-29-34-33-20/h3,6,9-12,15-17H,4-5,7-8,27H2,1-2H3,(H,29,33,34). The van der Waals surface area contributed by atoms with Crippen LogP contribution in [0.3, 0.4) is 0 Å². The Morgan fingerprint density at radius 3 is 2.49 bits per heavy atom. The molecule has 5 aromatic heterocycles. The number of aryl methyl sites for hydroxylation is 1. The van der Waals surface area contributed by atoms with Gasteiger partial charge in [-0.05, 0) is 38.7 Å². The fourth-order valence-electron chi connectivity index (χ4n) is 6.23. The van der Waals surface area contributed by atoms with Crippen LogP contribution in [0.2, 0.25) is 0 Å². The molecule has 0 aromatic carbocycles. The van der Waals surface area contributed by atoms with Crippen LogP contribution in [0.4, 0.5) is 5.82 Å². The van der Waals surface area contributed by atoms with Gasteiger partial charge in [-0.25, -0.2) is 18.4 Å². The average Bonchev–Trinajstić information content (AvgIpc) is 3.74. The predicted octanol–water partition coefficient (Wildman–Crippen LogP) is 2.88. The number of nitrogens with zero attached hydrogens (tertiary/aromatic N) is 8. The van der Waals surface area contributed by atoms with Crippen LogP contribution in [-0.4, -0.2) is 77.5 Å². The van der Waals surface area contributed by atoms with E-state index in [0.29, 0.717) is 29.7 Å². The molecule has 0 aliphatic carbocycles. The van der Waals surface area contributed by atoms with Gasteiger partial charge < -0.3 is 10.6 Å². The van der Waals surface area contributed by atoms with Gasteiger partial charge in [-0.1, -0.05) is 6.07 Å². The zero-order valence-electron chi connectivity index (χ0n) is 22.2. The number of thiazole rings is 1. The van der Waals surface area contributed by atoms with E-state index in [1.165, 1.54) is 10.7 Å². The van der Waals surface area contributed by atoms with Crippen LogP contribution in [0.1, 0.15) is 52.8 Å². The summed E-state index contributed by atoms with van der Waals surface area (Å²) in [5.74, 6) is -0.352. The number of aromatic amines is 1. The van der Waals surface area contributed by atoms with E-state index in [4.69, 9.17) is 10.7 Å². The van der Waals surface area contributed by atoms with Crippen LogP contribution >= 0.6 is 11.3 Å². The summed E-state index contributed by atoms with van der Waals surface area (Å²) < 4.78 is 27.5. The van der Waals surface area contributed by atoms with Gasteiger partial charge in [-0.15, -0.1) is 11.3 Å². The number of carbonyl (C=O) groups is 1. The largest absolute Gasteiger partial charge is 0.382 e. The second-order valence-electron chi connectivity index (χ2n) is 10.6. The lowest BCUT2D eigenvalue weighted by molar-refractivity contribution is 0.0562. The van der Waals surface area contributed by atoms with Gasteiger partial charge in [0, 0.05) is 47.0 Å². The monoisotopic (exact) mass is 590 g/mol. The molecule has 210 valence electrons. The van der Waals surface area contributed by atoms with E-state index in [9.17, 15) is 13.2 Å². The number of nitrogen functional groups attached to an aromatic ring is 1. The second kappa shape index (κ2) is 9.41. The van der Waals surface area contributed by atoms with Crippen LogP contribution in [0.15, 0.2) is 41.0 Å². The number of H-pyrrole nitrogens is 1. The smallest absolute Gasteiger partial charge is 0.276 e. The normalized spacial score (nSPS) is 20.6. The first-order valence-corrected chi connectivity index (χ1v) is 15.9. The van der Waals surface area contributed by atoms with Crippen molar-refractivity contribution in [3.8, 4) is 22.5 Å². The minimum absolute atomic E-state index is 0.00676. The molecule has 3 N–H and O–H groups in total. The Balaban J connectivity index is 1.28. The van der Waals surface area contributed by atoms with Crippen LogP contribution in [0.25, 0.3) is 28.2 Å². The van der Waals surface area contributed by atoms with E-state index in [2.05, 4.69) is 30.5 Å². The number of piperidine rings is 1. The molecule has 7 heterocycles. The molecule has 0 spiro atoms. The van der Waals surface area contributed by atoms with Gasteiger partial charge in [0.05, 0.1) is 34.5 Å². The predicted molar refractivity (Wildman–Crippen MR) is 151 cm³/mol. The van der Waals surface area contributed by atoms with Crippen molar-refractivity contribution in [2.45, 2.75) is 55.5 Å². The van der Waals surface area contributed by atoms with Crippen molar-refractivity contribution in [2.24, 2.45) is 0 Å². The van der Waals surface area contributed by atoms with Gasteiger partial charge in [0.2, 0.25) is 0 Å². The molecule has 7 rings (SSSR count). The zero-order valence-corrected chi connectivity index (χ0v) is 23.9. The molecular formula is C26H26N10O3S2. The Bertz CT molecular complexity index is 1880. The minimum atomic E-state index is -3.74. The lowest BCUT2D eigenvalue weighted by Gasteiger charge is -2.38. The number of pyridine rings is 1. The molecule has 2 fully saturated rings. The lowest BCUT2D eigenvalue weighted by atomic mass is 9.87. The maximum Gasteiger partial charge on any atom is 0.276 e. The third kappa shape index (κ3) is 4.26. The van der Waals surface area contributed by atoms with Crippen molar-refractivity contribution >= 4 is 38.5 Å². The molecule has 41 heavy (non-hydrogen) atoms. The van der Waals surface area contributed by atoms with E-state index in [-0.39, 0.29) is 40.3 Å². The molecule has 1 amide bonds. The minimum Gasteiger partial charge on any atom is -0.382 e. The Morgan fingerprint density at radius 2 is 1.88 bits per heavy atom. The highest BCUT2D eigenvalue weighted by atomic mass is 32.2. The van der Waals surface area contributed by atoms with Gasteiger partial charge in [0.25, 0.3) is 5.91 Å². The first kappa shape index (κ1) is 25.7. The number of aromatic nitrogens is 8. The highest BCUT2D eigenvalue weighted by Gasteiger charge is 2.46. The van der Waals surface area contributed by atoms with E-state index < -0.39 is 9.84 Å². The van der Waals surface area contributed by atoms with Crippen molar-refractivity contribution in [3.05, 3.63) is 52.5 Å². The molecule has 2 atom stereocenters. The van der Waals surface area contributed by atoms with Crippen molar-refractivity contribution in [1.29, 1.82) is 0 Å². The molecule has 15 heteroatoms. The number of hydrogen-bond donors (Lipinski definition) is 2. The first-order valence-electron chi connectivity index (χ1n) is 13.1. The second-order valence-corrected chi connectivity index (χ2v) is 13.6. The third-order valence-corrected chi connectivity index (χ3v) is 9.91. The van der Waals surface area contributed by atoms with Crippen molar-refractivity contribution in [2.75, 3.05) is 12.0 Å². The topological polar surface area (TPSA) is 178 Å². The molecule has 13 nitrogen and oxygen atoms in total. The number of anilines is 1. The lowest BCUT2D eigenvalue weighted by Crippen LogP contribution is -2.46. The van der Waals surface area contributed by atoms with E-state index >= 15 is 0 Å². The van der Waals surface area contributed by atoms with E-state index in [0.717, 1.165) is 41.1 Å². The number of nitrogens with one attached hydrogen (secondary N) is 1. The molecule has 5 aromatic rings. The van der Waals surface area contributed by atoms with Crippen LogP contribution < -0.4 is 5.73 Å². The molecule has 0 saturated carbocycles. The van der Waals surface area contributed by atoms with Crippen molar-refractivity contribution in [3.63, 3.8) is 0 Å². The van der Waals surface area contributed by atoms with Gasteiger partial charge >= 0.3 is 0 Å². The summed E-state index contributed by atoms with van der Waals surface area (Å²) in [6.07, 6.45) is 8.71. The first-order chi connectivity index (χ1) is 19.7. The van der Waals surface area contributed by atoms with Crippen molar-refractivity contribution < 1.29 is 13.2 Å². The summed E-state index contributed by atoms with van der Waals surface area (Å²) in [7, 11) is -3.74.